The molecule has 0 aliphatic carbocycles. The molecule has 0 aliphatic rings. The van der Waals surface area contributed by atoms with Gasteiger partial charge in [-0.1, -0.05) is 66.3 Å². The van der Waals surface area contributed by atoms with Crippen LogP contribution in [0.1, 0.15) is 37.8 Å². The molecule has 3 aromatic carbocycles. The number of anilines is 1. The lowest BCUT2D eigenvalue weighted by atomic mass is 10.1. The molecule has 0 fully saturated rings. The maximum absolute atomic E-state index is 14.0. The van der Waals surface area contributed by atoms with Gasteiger partial charge in [0.05, 0.1) is 10.6 Å². The van der Waals surface area contributed by atoms with Crippen molar-refractivity contribution in [1.29, 1.82) is 0 Å². The van der Waals surface area contributed by atoms with Gasteiger partial charge in [-0.25, -0.2) is 8.42 Å². The van der Waals surface area contributed by atoms with E-state index in [1.807, 2.05) is 19.9 Å². The van der Waals surface area contributed by atoms with Crippen LogP contribution in [0.15, 0.2) is 71.6 Å². The minimum atomic E-state index is -4.19. The summed E-state index contributed by atoms with van der Waals surface area (Å²) >= 11 is 18.8. The van der Waals surface area contributed by atoms with Crippen LogP contribution in [0.5, 0.6) is 0 Å². The second kappa shape index (κ2) is 14.2. The van der Waals surface area contributed by atoms with Crippen LogP contribution < -0.4 is 9.62 Å². The van der Waals surface area contributed by atoms with Crippen LogP contribution in [0.2, 0.25) is 15.1 Å². The molecule has 214 valence electrons. The zero-order valence-corrected chi connectivity index (χ0v) is 25.6. The Hall–Kier alpha value is -2.78. The Labute approximate surface area is 251 Å². The summed E-state index contributed by atoms with van der Waals surface area (Å²) in [4.78, 5) is 28.3. The van der Waals surface area contributed by atoms with Crippen molar-refractivity contribution in [2.45, 2.75) is 51.1 Å². The quantitative estimate of drug-likeness (QED) is 0.234. The van der Waals surface area contributed by atoms with E-state index in [0.717, 1.165) is 22.7 Å². The van der Waals surface area contributed by atoms with Crippen LogP contribution in [0.25, 0.3) is 0 Å². The van der Waals surface area contributed by atoms with Crippen molar-refractivity contribution < 1.29 is 18.0 Å². The lowest BCUT2D eigenvalue weighted by Gasteiger charge is -2.32. The van der Waals surface area contributed by atoms with Crippen molar-refractivity contribution in [2.24, 2.45) is 0 Å². The summed E-state index contributed by atoms with van der Waals surface area (Å²) in [5.41, 5.74) is 1.57. The molecule has 3 aromatic rings. The normalized spacial score (nSPS) is 12.1. The van der Waals surface area contributed by atoms with Gasteiger partial charge in [0, 0.05) is 33.7 Å². The van der Waals surface area contributed by atoms with Crippen molar-refractivity contribution in [1.82, 2.24) is 10.2 Å². The summed E-state index contributed by atoms with van der Waals surface area (Å²) in [5, 5.41) is 3.88. The Balaban J connectivity index is 2.04. The fourth-order valence-corrected chi connectivity index (χ4v) is 6.07. The number of nitrogens with zero attached hydrogens (tertiary/aromatic N) is 2. The fourth-order valence-electron chi connectivity index (χ4n) is 4.02. The number of hydrogen-bond donors (Lipinski definition) is 1. The van der Waals surface area contributed by atoms with Gasteiger partial charge in [-0.2, -0.15) is 0 Å². The highest BCUT2D eigenvalue weighted by atomic mass is 35.5. The number of rotatable bonds is 12. The van der Waals surface area contributed by atoms with Crippen molar-refractivity contribution in [3.05, 3.63) is 92.9 Å². The van der Waals surface area contributed by atoms with Gasteiger partial charge in [0.1, 0.15) is 12.6 Å². The summed E-state index contributed by atoms with van der Waals surface area (Å²) in [7, 11) is -4.19. The zero-order chi connectivity index (χ0) is 29.4. The third kappa shape index (κ3) is 7.91. The van der Waals surface area contributed by atoms with Gasteiger partial charge in [-0.05, 0) is 74.4 Å². The second-order valence-electron chi connectivity index (χ2n) is 9.35. The van der Waals surface area contributed by atoms with E-state index in [1.54, 1.807) is 43.3 Å². The number of aryl methyl sites for hydroxylation is 1. The predicted octanol–water partition coefficient (Wildman–Crippen LogP) is 6.48. The maximum atomic E-state index is 14.0. The molecule has 1 atom stereocenters. The van der Waals surface area contributed by atoms with E-state index in [9.17, 15) is 18.0 Å². The standard InChI is InChI=1S/C29H32Cl3N3O4S/c1-4-5-16-33-29(37)21(3)34(18-25-26(31)10-7-11-27(25)32)28(36)19-35(23-9-6-8-20(2)17-23)40(38,39)24-14-12-22(30)13-15-24/h6-15,17,21H,4-5,16,18-19H2,1-3H3,(H,33,37)/t21-/m1/s1. The van der Waals surface area contributed by atoms with Crippen molar-refractivity contribution >= 4 is 62.3 Å². The van der Waals surface area contributed by atoms with Crippen LogP contribution >= 0.6 is 34.8 Å². The molecule has 0 spiro atoms. The Morgan fingerprint density at radius 2 is 1.57 bits per heavy atom. The summed E-state index contributed by atoms with van der Waals surface area (Å²) in [6.45, 7) is 5.22. The summed E-state index contributed by atoms with van der Waals surface area (Å²) in [5.74, 6) is -0.971. The first kappa shape index (κ1) is 31.7. The molecule has 0 heterocycles. The molecule has 7 nitrogen and oxygen atoms in total. The third-order valence-corrected chi connectivity index (χ3v) is 9.11. The number of carbonyl (C=O) groups is 2. The summed E-state index contributed by atoms with van der Waals surface area (Å²) in [6, 6.07) is 16.6. The van der Waals surface area contributed by atoms with Crippen molar-refractivity contribution in [3.63, 3.8) is 0 Å². The van der Waals surface area contributed by atoms with Crippen LogP contribution in [-0.4, -0.2) is 44.3 Å². The average molecular weight is 625 g/mol. The largest absolute Gasteiger partial charge is 0.354 e. The zero-order valence-electron chi connectivity index (χ0n) is 22.5. The van der Waals surface area contributed by atoms with Crippen LogP contribution in [0, 0.1) is 6.92 Å². The molecular weight excluding hydrogens is 593 g/mol. The Kier molecular flexibility index (Phi) is 11.3. The first-order valence-electron chi connectivity index (χ1n) is 12.8. The number of sulfonamides is 1. The third-order valence-electron chi connectivity index (χ3n) is 6.36. The molecule has 0 aliphatic heterocycles. The van der Waals surface area contributed by atoms with Gasteiger partial charge < -0.3 is 10.2 Å². The highest BCUT2D eigenvalue weighted by molar-refractivity contribution is 7.92. The van der Waals surface area contributed by atoms with E-state index in [1.165, 1.54) is 29.2 Å². The highest BCUT2D eigenvalue weighted by Crippen LogP contribution is 2.29. The number of nitrogens with one attached hydrogen (secondary N) is 1. The number of unbranched alkanes of at least 4 members (excludes halogenated alkanes) is 1. The van der Waals surface area contributed by atoms with Crippen LogP contribution in [0.3, 0.4) is 0 Å². The predicted molar refractivity (Wildman–Crippen MR) is 162 cm³/mol. The number of hydrogen-bond acceptors (Lipinski definition) is 4. The molecule has 11 heteroatoms. The highest BCUT2D eigenvalue weighted by Gasteiger charge is 2.33. The Bertz CT molecular complexity index is 1430. The lowest BCUT2D eigenvalue weighted by molar-refractivity contribution is -0.139. The first-order chi connectivity index (χ1) is 18.9. The smallest absolute Gasteiger partial charge is 0.264 e. The molecule has 40 heavy (non-hydrogen) atoms. The summed E-state index contributed by atoms with van der Waals surface area (Å²) in [6.07, 6.45) is 1.67. The lowest BCUT2D eigenvalue weighted by Crippen LogP contribution is -2.51. The average Bonchev–Trinajstić information content (AvgIpc) is 2.91. The molecule has 3 rings (SSSR count). The topological polar surface area (TPSA) is 86.8 Å². The van der Waals surface area contributed by atoms with E-state index >= 15 is 0 Å². The van der Waals surface area contributed by atoms with Crippen LogP contribution in [-0.2, 0) is 26.2 Å². The number of benzene rings is 3. The minimum Gasteiger partial charge on any atom is -0.354 e. The van der Waals surface area contributed by atoms with Gasteiger partial charge >= 0.3 is 0 Å². The molecule has 0 saturated carbocycles. The second-order valence-corrected chi connectivity index (χ2v) is 12.5. The molecular formula is C29H32Cl3N3O4S. The van der Waals surface area contributed by atoms with E-state index in [2.05, 4.69) is 5.32 Å². The van der Waals surface area contributed by atoms with E-state index < -0.39 is 28.5 Å². The van der Waals surface area contributed by atoms with Gasteiger partial charge in [0.25, 0.3) is 10.0 Å². The molecule has 0 aromatic heterocycles. The molecule has 0 bridgehead atoms. The van der Waals surface area contributed by atoms with Crippen LogP contribution in [0.4, 0.5) is 5.69 Å². The Morgan fingerprint density at radius 1 is 0.950 bits per heavy atom. The van der Waals surface area contributed by atoms with Crippen molar-refractivity contribution in [2.75, 3.05) is 17.4 Å². The fraction of sp³-hybridized carbons (Fsp3) is 0.310. The number of amides is 2. The van der Waals surface area contributed by atoms with E-state index in [4.69, 9.17) is 34.8 Å². The maximum Gasteiger partial charge on any atom is 0.264 e. The van der Waals surface area contributed by atoms with Gasteiger partial charge in [-0.3, -0.25) is 13.9 Å². The minimum absolute atomic E-state index is 0.0303. The number of carbonyl (C=O) groups excluding carboxylic acids is 2. The molecule has 0 radical (unpaired) electrons. The first-order valence-corrected chi connectivity index (χ1v) is 15.4. The van der Waals surface area contributed by atoms with Gasteiger partial charge in [0.15, 0.2) is 0 Å². The molecule has 0 unspecified atom stereocenters. The Morgan fingerprint density at radius 3 is 2.17 bits per heavy atom. The van der Waals surface area contributed by atoms with Crippen molar-refractivity contribution in [3.8, 4) is 0 Å². The van der Waals surface area contributed by atoms with E-state index in [0.29, 0.717) is 32.9 Å². The van der Waals surface area contributed by atoms with Gasteiger partial charge in [0.2, 0.25) is 11.8 Å². The summed E-state index contributed by atoms with van der Waals surface area (Å²) < 4.78 is 28.7. The molecule has 2 amide bonds. The molecule has 0 saturated heterocycles. The monoisotopic (exact) mass is 623 g/mol. The molecule has 1 N–H and O–H groups in total. The van der Waals surface area contributed by atoms with E-state index in [-0.39, 0.29) is 17.3 Å². The van der Waals surface area contributed by atoms with Gasteiger partial charge in [-0.15, -0.1) is 0 Å². The number of halogens is 3. The SMILES string of the molecule is CCCCNC(=O)[C@@H](C)N(Cc1c(Cl)cccc1Cl)C(=O)CN(c1cccc(C)c1)S(=O)(=O)c1ccc(Cl)cc1.